The van der Waals surface area contributed by atoms with Crippen molar-refractivity contribution < 1.29 is 57.9 Å². The number of rotatable bonds is 4. The van der Waals surface area contributed by atoms with Crippen molar-refractivity contribution in [2.75, 3.05) is 33.2 Å². The van der Waals surface area contributed by atoms with Crippen molar-refractivity contribution in [1.29, 1.82) is 0 Å². The zero-order valence-corrected chi connectivity index (χ0v) is 27.0. The first-order chi connectivity index (χ1) is 18.7. The molecule has 1 aliphatic rings. The van der Waals surface area contributed by atoms with E-state index in [1.54, 1.807) is 0 Å². The molecule has 41 heavy (non-hydrogen) atoms. The van der Waals surface area contributed by atoms with Crippen molar-refractivity contribution in [2.45, 2.75) is 24.2 Å². The fourth-order valence-electron chi connectivity index (χ4n) is 5.47. The smallest absolute Gasteiger partial charge is 1.00 e. The van der Waals surface area contributed by atoms with Crippen LogP contribution in [-0.2, 0) is 20.7 Å². The van der Waals surface area contributed by atoms with E-state index in [4.69, 9.17) is 0 Å². The van der Waals surface area contributed by atoms with E-state index in [0.717, 1.165) is 26.2 Å². The third-order valence-electron chi connectivity index (χ3n) is 7.65. The number of likely N-dealkylation sites (N-methyl/N-ethyl adjacent to an activating group) is 1. The SMILES string of the molecule is CN1CC(c2ccccc2)NCC(c2ccccc2)NCC(c2ccccc2)[N]([Ti+3])CC1c1ccccc1.[Cl-].[Cl-].[Cl-]. The summed E-state index contributed by atoms with van der Waals surface area (Å²) in [6, 6.07) is 44.6. The van der Waals surface area contributed by atoms with Gasteiger partial charge in [0.1, 0.15) is 0 Å². The van der Waals surface area contributed by atoms with E-state index >= 15 is 0 Å². The van der Waals surface area contributed by atoms with Gasteiger partial charge in [-0.05, 0) is 0 Å². The minimum absolute atomic E-state index is 0. The topological polar surface area (TPSA) is 30.5 Å². The van der Waals surface area contributed by atoms with Crippen LogP contribution in [0, 0.1) is 0 Å². The van der Waals surface area contributed by atoms with E-state index in [1.807, 2.05) is 0 Å². The first-order valence-electron chi connectivity index (χ1n) is 13.5. The fraction of sp³-hybridized carbons (Fsp3) is 0.273. The summed E-state index contributed by atoms with van der Waals surface area (Å²) < 4.78 is 2.53. The van der Waals surface area contributed by atoms with E-state index in [9.17, 15) is 0 Å². The summed E-state index contributed by atoms with van der Waals surface area (Å²) >= 11 is 2.28. The Morgan fingerprint density at radius 1 is 0.512 bits per heavy atom. The maximum Gasteiger partial charge on any atom is -1.00 e. The number of benzene rings is 4. The maximum absolute atomic E-state index is 3.95. The molecule has 214 valence electrons. The summed E-state index contributed by atoms with van der Waals surface area (Å²) in [5, 5.41) is 7.91. The van der Waals surface area contributed by atoms with E-state index in [-0.39, 0.29) is 61.4 Å². The van der Waals surface area contributed by atoms with E-state index in [2.05, 4.69) is 168 Å². The van der Waals surface area contributed by atoms with E-state index in [1.165, 1.54) is 22.3 Å². The van der Waals surface area contributed by atoms with Crippen LogP contribution in [0.5, 0.6) is 0 Å². The van der Waals surface area contributed by atoms with Gasteiger partial charge in [-0.25, -0.2) is 0 Å². The molecular formula is C33H37Cl3N4Ti. The van der Waals surface area contributed by atoms with Crippen LogP contribution in [0.2, 0.25) is 0 Å². The summed E-state index contributed by atoms with van der Waals surface area (Å²) in [6.07, 6.45) is 0. The Balaban J connectivity index is 0.00000196. The summed E-state index contributed by atoms with van der Waals surface area (Å²) in [6.45, 7) is 3.55. The molecule has 4 aromatic carbocycles. The van der Waals surface area contributed by atoms with Gasteiger partial charge in [-0.2, -0.15) is 0 Å². The van der Waals surface area contributed by atoms with Crippen molar-refractivity contribution >= 4 is 0 Å². The van der Waals surface area contributed by atoms with Gasteiger partial charge in [0, 0.05) is 0 Å². The molecule has 0 spiro atoms. The predicted octanol–water partition coefficient (Wildman–Crippen LogP) is -3.15. The molecule has 4 atom stereocenters. The molecule has 0 bridgehead atoms. The summed E-state index contributed by atoms with van der Waals surface area (Å²) in [4.78, 5) is 2.53. The van der Waals surface area contributed by atoms with Gasteiger partial charge < -0.3 is 37.2 Å². The van der Waals surface area contributed by atoms with Gasteiger partial charge in [-0.1, -0.05) is 0 Å². The van der Waals surface area contributed by atoms with Gasteiger partial charge in [0.05, 0.1) is 0 Å². The van der Waals surface area contributed by atoms with E-state index < -0.39 is 0 Å². The Kier molecular flexibility index (Phi) is 15.7. The van der Waals surface area contributed by atoms with Crippen LogP contribution in [0.3, 0.4) is 0 Å². The van der Waals surface area contributed by atoms with Crippen molar-refractivity contribution in [3.63, 3.8) is 0 Å². The number of nitrogens with one attached hydrogen (secondary N) is 2. The third kappa shape index (κ3) is 9.66. The van der Waals surface area contributed by atoms with Crippen molar-refractivity contribution in [3.05, 3.63) is 144 Å². The second-order valence-electron chi connectivity index (χ2n) is 10.2. The first-order valence-corrected chi connectivity index (χ1v) is 14.2. The van der Waals surface area contributed by atoms with Gasteiger partial charge in [-0.3, -0.25) is 0 Å². The molecule has 4 unspecified atom stereocenters. The molecule has 2 N–H and O–H groups in total. The van der Waals surface area contributed by atoms with Crippen LogP contribution >= 0.6 is 0 Å². The molecule has 0 amide bonds. The molecule has 0 radical (unpaired) electrons. The molecule has 1 heterocycles. The molecule has 5 rings (SSSR count). The maximum atomic E-state index is 3.95. The van der Waals surface area contributed by atoms with Gasteiger partial charge in [0.15, 0.2) is 0 Å². The largest absolute Gasteiger partial charge is 1.00 e. The van der Waals surface area contributed by atoms with Gasteiger partial charge in [0.2, 0.25) is 0 Å². The standard InChI is InChI=1S/C33H37N4.3ClH.Ti/c1-37-25-32(28-18-10-4-11-19-28)35-23-30(26-14-6-2-7-15-26)34-22-31(27-16-8-3-9-17-27)36-24-33(37)29-20-12-5-13-21-29;;;;/h2-21,30-35H,22-25H2,1H3;3*1H;/q-1;;;;+4/p-3. The molecule has 1 saturated heterocycles. The molecule has 4 nitrogen and oxygen atoms in total. The Bertz CT molecular complexity index is 1240. The summed E-state index contributed by atoms with van der Waals surface area (Å²) in [5.74, 6) is 0. The predicted molar refractivity (Wildman–Crippen MR) is 152 cm³/mol. The minimum atomic E-state index is 0. The number of hydrogen-bond donors (Lipinski definition) is 2. The van der Waals surface area contributed by atoms with Crippen molar-refractivity contribution in [1.82, 2.24) is 18.9 Å². The average Bonchev–Trinajstić information content (AvgIpc) is 2.98. The zero-order valence-electron chi connectivity index (χ0n) is 23.2. The monoisotopic (exact) mass is 642 g/mol. The minimum Gasteiger partial charge on any atom is -1.00 e. The second-order valence-corrected chi connectivity index (χ2v) is 11.1. The first kappa shape index (κ1) is 35.5. The van der Waals surface area contributed by atoms with Crippen LogP contribution in [0.1, 0.15) is 46.4 Å². The molecule has 0 aromatic heterocycles. The summed E-state index contributed by atoms with van der Waals surface area (Å²) in [5.41, 5.74) is 5.34. The molecule has 0 aliphatic carbocycles. The van der Waals surface area contributed by atoms with Crippen LogP contribution in [-0.4, -0.2) is 41.5 Å². The zero-order chi connectivity index (χ0) is 26.2. The Hall–Kier alpha value is -1.70. The molecule has 1 aliphatic heterocycles. The van der Waals surface area contributed by atoms with Crippen LogP contribution in [0.15, 0.2) is 121 Å². The fourth-order valence-corrected chi connectivity index (χ4v) is 6.11. The molecular weight excluding hydrogens is 607 g/mol. The summed E-state index contributed by atoms with van der Waals surface area (Å²) in [7, 11) is 2.28. The molecule has 8 heteroatoms. The number of hydrogen-bond acceptors (Lipinski definition) is 4. The number of nitrogens with zero attached hydrogens (tertiary/aromatic N) is 2. The molecule has 4 aromatic rings. The quantitative estimate of drug-likeness (QED) is 0.230. The third-order valence-corrected chi connectivity index (χ3v) is 8.42. The Morgan fingerprint density at radius 2 is 0.902 bits per heavy atom. The number of halogens is 3. The Morgan fingerprint density at radius 3 is 1.39 bits per heavy atom. The van der Waals surface area contributed by atoms with Gasteiger partial charge >= 0.3 is 241 Å². The molecule has 1 fully saturated rings. The van der Waals surface area contributed by atoms with Gasteiger partial charge in [0.25, 0.3) is 0 Å². The average molecular weight is 644 g/mol. The second kappa shape index (κ2) is 18.1. The van der Waals surface area contributed by atoms with E-state index in [0.29, 0.717) is 0 Å². The Labute approximate surface area is 276 Å². The van der Waals surface area contributed by atoms with Crippen LogP contribution in [0.4, 0.5) is 0 Å². The van der Waals surface area contributed by atoms with Crippen LogP contribution < -0.4 is 47.9 Å². The normalized spacial score (nSPS) is 22.5. The van der Waals surface area contributed by atoms with Crippen molar-refractivity contribution in [3.8, 4) is 0 Å². The van der Waals surface area contributed by atoms with Gasteiger partial charge in [-0.15, -0.1) is 0 Å². The van der Waals surface area contributed by atoms with Crippen LogP contribution in [0.25, 0.3) is 0 Å². The van der Waals surface area contributed by atoms with Crippen molar-refractivity contribution in [2.24, 2.45) is 0 Å². The molecule has 0 saturated carbocycles.